The average Bonchev–Trinajstić information content (AvgIpc) is 2.99. The summed E-state index contributed by atoms with van der Waals surface area (Å²) in [6.07, 6.45) is 2.27. The first-order valence-corrected chi connectivity index (χ1v) is 5.90. The first kappa shape index (κ1) is 13.7. The Bertz CT molecular complexity index is 561. The van der Waals surface area contributed by atoms with Gasteiger partial charge in [0.05, 0.1) is 19.6 Å². The van der Waals surface area contributed by atoms with Crippen LogP contribution in [-0.4, -0.2) is 19.4 Å². The van der Waals surface area contributed by atoms with Crippen LogP contribution in [0.4, 0.5) is 4.79 Å². The second-order valence-electron chi connectivity index (χ2n) is 3.81. The van der Waals surface area contributed by atoms with E-state index in [-0.39, 0.29) is 6.61 Å². The zero-order chi connectivity index (χ0) is 14.2. The van der Waals surface area contributed by atoms with Crippen LogP contribution in [0.3, 0.4) is 0 Å². The van der Waals surface area contributed by atoms with Crippen LogP contribution in [0.1, 0.15) is 11.3 Å². The third-order valence-corrected chi connectivity index (χ3v) is 2.42. The van der Waals surface area contributed by atoms with Crippen molar-refractivity contribution >= 4 is 12.3 Å². The van der Waals surface area contributed by atoms with Crippen LogP contribution in [0.2, 0.25) is 0 Å². The van der Waals surface area contributed by atoms with E-state index in [2.05, 4.69) is 10.5 Å². The number of rotatable bonds is 5. The van der Waals surface area contributed by atoms with Crippen molar-refractivity contribution in [3.05, 3.63) is 54.0 Å². The number of hydrogen-bond acceptors (Lipinski definition) is 5. The first-order chi connectivity index (χ1) is 9.78. The summed E-state index contributed by atoms with van der Waals surface area (Å²) in [6, 6.07) is 10.7. The van der Waals surface area contributed by atoms with Crippen molar-refractivity contribution in [1.82, 2.24) is 5.43 Å². The summed E-state index contributed by atoms with van der Waals surface area (Å²) < 4.78 is 15.0. The molecule has 0 radical (unpaired) electrons. The number of hydrogen-bond donors (Lipinski definition) is 1. The first-order valence-electron chi connectivity index (χ1n) is 5.90. The van der Waals surface area contributed by atoms with Crippen molar-refractivity contribution in [2.24, 2.45) is 5.10 Å². The van der Waals surface area contributed by atoms with E-state index in [1.54, 1.807) is 31.4 Å². The van der Waals surface area contributed by atoms with Crippen molar-refractivity contribution in [2.75, 3.05) is 7.11 Å². The van der Waals surface area contributed by atoms with Gasteiger partial charge in [-0.2, -0.15) is 5.10 Å². The Morgan fingerprint density at radius 3 is 2.80 bits per heavy atom. The van der Waals surface area contributed by atoms with Gasteiger partial charge in [0.2, 0.25) is 0 Å². The Morgan fingerprint density at radius 2 is 2.15 bits per heavy atom. The van der Waals surface area contributed by atoms with Crippen LogP contribution < -0.4 is 10.2 Å². The number of ether oxygens (including phenoxy) is 2. The van der Waals surface area contributed by atoms with E-state index in [1.807, 2.05) is 12.1 Å². The highest BCUT2D eigenvalue weighted by molar-refractivity contribution is 5.77. The van der Waals surface area contributed by atoms with Gasteiger partial charge >= 0.3 is 6.09 Å². The molecule has 1 aromatic carbocycles. The van der Waals surface area contributed by atoms with Gasteiger partial charge in [0.1, 0.15) is 18.1 Å². The van der Waals surface area contributed by atoms with Gasteiger partial charge in [0, 0.05) is 0 Å². The van der Waals surface area contributed by atoms with Gasteiger partial charge in [-0.3, -0.25) is 0 Å². The lowest BCUT2D eigenvalue weighted by Crippen LogP contribution is -2.18. The summed E-state index contributed by atoms with van der Waals surface area (Å²) in [5, 5.41) is 3.69. The molecule has 0 fully saturated rings. The zero-order valence-electron chi connectivity index (χ0n) is 10.9. The molecule has 1 heterocycles. The molecular weight excluding hydrogens is 260 g/mol. The lowest BCUT2D eigenvalue weighted by Gasteiger charge is -2.04. The van der Waals surface area contributed by atoms with E-state index >= 15 is 0 Å². The molecule has 1 aromatic heterocycles. The fourth-order valence-corrected chi connectivity index (χ4v) is 1.42. The Hall–Kier alpha value is -2.76. The van der Waals surface area contributed by atoms with E-state index in [0.717, 1.165) is 11.3 Å². The number of hydrazone groups is 1. The van der Waals surface area contributed by atoms with Crippen molar-refractivity contribution in [3.63, 3.8) is 0 Å². The second kappa shape index (κ2) is 6.98. The Labute approximate surface area is 116 Å². The molecule has 0 atom stereocenters. The Morgan fingerprint density at radius 1 is 1.35 bits per heavy atom. The van der Waals surface area contributed by atoms with Gasteiger partial charge < -0.3 is 13.9 Å². The highest BCUT2D eigenvalue weighted by atomic mass is 16.6. The highest BCUT2D eigenvalue weighted by Crippen LogP contribution is 2.11. The predicted octanol–water partition coefficient (Wildman–Crippen LogP) is 2.55. The normalized spacial score (nSPS) is 10.4. The summed E-state index contributed by atoms with van der Waals surface area (Å²) in [4.78, 5) is 11.4. The van der Waals surface area contributed by atoms with Crippen LogP contribution in [0, 0.1) is 0 Å². The molecule has 0 unspecified atom stereocenters. The summed E-state index contributed by atoms with van der Waals surface area (Å²) in [5.41, 5.74) is 3.09. The average molecular weight is 274 g/mol. The van der Waals surface area contributed by atoms with Crippen molar-refractivity contribution < 1.29 is 18.7 Å². The minimum atomic E-state index is -0.636. The third-order valence-electron chi connectivity index (χ3n) is 2.42. The molecule has 0 saturated carbocycles. The summed E-state index contributed by atoms with van der Waals surface area (Å²) in [6.45, 7) is 0.159. The zero-order valence-corrected chi connectivity index (χ0v) is 10.9. The van der Waals surface area contributed by atoms with Gasteiger partial charge in [0.25, 0.3) is 0 Å². The SMILES string of the molecule is COc1ccc(COC(=O)N/N=C/c2ccco2)cc1. The van der Waals surface area contributed by atoms with Crippen LogP contribution in [-0.2, 0) is 11.3 Å². The summed E-state index contributed by atoms with van der Waals surface area (Å²) in [7, 11) is 1.59. The van der Waals surface area contributed by atoms with Gasteiger partial charge in [0.15, 0.2) is 0 Å². The number of benzene rings is 1. The third kappa shape index (κ3) is 4.16. The molecule has 0 saturated heterocycles. The quantitative estimate of drug-likeness (QED) is 0.671. The number of furan rings is 1. The highest BCUT2D eigenvalue weighted by Gasteiger charge is 2.01. The molecule has 1 amide bonds. The topological polar surface area (TPSA) is 73.1 Å². The molecule has 6 nitrogen and oxygen atoms in total. The minimum Gasteiger partial charge on any atom is -0.497 e. The molecular formula is C14H14N2O4. The molecule has 6 heteroatoms. The van der Waals surface area contributed by atoms with Gasteiger partial charge in [-0.05, 0) is 29.8 Å². The molecule has 0 spiro atoms. The molecule has 0 aliphatic rings. The summed E-state index contributed by atoms with van der Waals surface area (Å²) in [5.74, 6) is 1.29. The van der Waals surface area contributed by atoms with E-state index in [4.69, 9.17) is 13.9 Å². The standard InChI is InChI=1S/C14H14N2O4/c1-18-12-6-4-11(5-7-12)10-20-14(17)16-15-9-13-3-2-8-19-13/h2-9H,10H2,1H3,(H,16,17)/b15-9+. The maximum Gasteiger partial charge on any atom is 0.428 e. The molecule has 0 aliphatic heterocycles. The maximum atomic E-state index is 11.4. The predicted molar refractivity (Wildman–Crippen MR) is 72.6 cm³/mol. The molecule has 20 heavy (non-hydrogen) atoms. The molecule has 104 valence electrons. The Balaban J connectivity index is 1.74. The van der Waals surface area contributed by atoms with Gasteiger partial charge in [-0.15, -0.1) is 0 Å². The van der Waals surface area contributed by atoms with Crippen LogP contribution in [0.15, 0.2) is 52.2 Å². The molecule has 1 N–H and O–H groups in total. The number of nitrogens with zero attached hydrogens (tertiary/aromatic N) is 1. The number of carbonyl (C=O) groups is 1. The van der Waals surface area contributed by atoms with Gasteiger partial charge in [-0.25, -0.2) is 10.2 Å². The number of methoxy groups -OCH3 is 1. The fraction of sp³-hybridized carbons (Fsp3) is 0.143. The fourth-order valence-electron chi connectivity index (χ4n) is 1.42. The monoisotopic (exact) mass is 274 g/mol. The van der Waals surface area contributed by atoms with Crippen LogP contribution in [0.25, 0.3) is 0 Å². The maximum absolute atomic E-state index is 11.4. The van der Waals surface area contributed by atoms with E-state index in [1.165, 1.54) is 12.5 Å². The van der Waals surface area contributed by atoms with Crippen molar-refractivity contribution in [3.8, 4) is 5.75 Å². The summed E-state index contributed by atoms with van der Waals surface area (Å²) >= 11 is 0. The molecule has 0 aliphatic carbocycles. The second-order valence-corrected chi connectivity index (χ2v) is 3.81. The Kier molecular flexibility index (Phi) is 4.77. The molecule has 2 rings (SSSR count). The smallest absolute Gasteiger partial charge is 0.428 e. The number of nitrogens with one attached hydrogen (secondary N) is 1. The van der Waals surface area contributed by atoms with Crippen molar-refractivity contribution in [2.45, 2.75) is 6.61 Å². The lowest BCUT2D eigenvalue weighted by molar-refractivity contribution is 0.140. The largest absolute Gasteiger partial charge is 0.497 e. The lowest BCUT2D eigenvalue weighted by atomic mass is 10.2. The molecule has 0 bridgehead atoms. The van der Waals surface area contributed by atoms with Crippen molar-refractivity contribution in [1.29, 1.82) is 0 Å². The van der Waals surface area contributed by atoms with E-state index < -0.39 is 6.09 Å². The van der Waals surface area contributed by atoms with Crippen LogP contribution >= 0.6 is 0 Å². The number of carbonyl (C=O) groups excluding carboxylic acids is 1. The molecule has 2 aromatic rings. The van der Waals surface area contributed by atoms with Gasteiger partial charge in [-0.1, -0.05) is 12.1 Å². The van der Waals surface area contributed by atoms with Crippen LogP contribution in [0.5, 0.6) is 5.75 Å². The van der Waals surface area contributed by atoms with E-state index in [0.29, 0.717) is 5.76 Å². The van der Waals surface area contributed by atoms with E-state index in [9.17, 15) is 4.79 Å². The number of amides is 1. The minimum absolute atomic E-state index is 0.159.